The van der Waals surface area contributed by atoms with E-state index in [4.69, 9.17) is 4.74 Å². The first-order chi connectivity index (χ1) is 19.4. The van der Waals surface area contributed by atoms with Crippen LogP contribution in [-0.2, 0) is 0 Å². The lowest BCUT2D eigenvalue weighted by molar-refractivity contribution is 0.0734. The van der Waals surface area contributed by atoms with E-state index in [1.807, 2.05) is 52.4 Å². The molecule has 0 aliphatic carbocycles. The van der Waals surface area contributed by atoms with Crippen molar-refractivity contribution >= 4 is 29.0 Å². The number of methoxy groups -OCH3 is 1. The maximum atomic E-state index is 13.2. The summed E-state index contributed by atoms with van der Waals surface area (Å²) in [4.78, 5) is 39.2. The number of ether oxygens (including phenoxy) is 1. The first-order valence-electron chi connectivity index (χ1n) is 14.0. The predicted octanol–water partition coefficient (Wildman–Crippen LogP) is 3.84. The molecule has 2 aromatic carbocycles. The average Bonchev–Trinajstić information content (AvgIpc) is 3.01. The van der Waals surface area contributed by atoms with Gasteiger partial charge < -0.3 is 29.7 Å². The first kappa shape index (κ1) is 27.3. The molecule has 210 valence electrons. The van der Waals surface area contributed by atoms with Gasteiger partial charge in [-0.3, -0.25) is 9.59 Å². The zero-order chi connectivity index (χ0) is 28.1. The Balaban J connectivity index is 1.14. The Labute approximate surface area is 236 Å². The maximum absolute atomic E-state index is 13.2. The number of hydrogen-bond acceptors (Lipinski definition) is 7. The molecule has 0 bridgehead atoms. The highest BCUT2D eigenvalue weighted by Gasteiger charge is 2.26. The van der Waals surface area contributed by atoms with Crippen molar-refractivity contribution in [1.82, 2.24) is 14.8 Å². The monoisotopic (exact) mass is 542 g/mol. The lowest BCUT2D eigenvalue weighted by Gasteiger charge is -2.36. The summed E-state index contributed by atoms with van der Waals surface area (Å²) >= 11 is 0. The second-order valence-electron chi connectivity index (χ2n) is 10.5. The summed E-state index contributed by atoms with van der Waals surface area (Å²) in [7, 11) is 1.66. The SMILES string of the molecule is COc1ccc(N2CCN(C(=O)c3ccc(C(=O)N4CCN(c5ncccc5NC(C)C)CC4)cc3)CC2)cc1. The summed E-state index contributed by atoms with van der Waals surface area (Å²) < 4.78 is 5.25. The highest BCUT2D eigenvalue weighted by molar-refractivity contribution is 5.98. The number of nitrogens with one attached hydrogen (secondary N) is 1. The third-order valence-electron chi connectivity index (χ3n) is 7.48. The molecule has 0 atom stereocenters. The third-order valence-corrected chi connectivity index (χ3v) is 7.48. The molecule has 2 saturated heterocycles. The number of anilines is 3. The summed E-state index contributed by atoms with van der Waals surface area (Å²) in [5, 5.41) is 3.46. The lowest BCUT2D eigenvalue weighted by atomic mass is 10.1. The minimum absolute atomic E-state index is 0.00293. The van der Waals surface area contributed by atoms with E-state index in [1.165, 1.54) is 0 Å². The fourth-order valence-corrected chi connectivity index (χ4v) is 5.28. The van der Waals surface area contributed by atoms with Crippen LogP contribution in [0, 0.1) is 0 Å². The van der Waals surface area contributed by atoms with Crippen LogP contribution in [0.2, 0.25) is 0 Å². The van der Waals surface area contributed by atoms with E-state index in [-0.39, 0.29) is 11.8 Å². The van der Waals surface area contributed by atoms with Crippen molar-refractivity contribution in [3.63, 3.8) is 0 Å². The van der Waals surface area contributed by atoms with Crippen molar-refractivity contribution in [2.24, 2.45) is 0 Å². The van der Waals surface area contributed by atoms with Gasteiger partial charge in [0.15, 0.2) is 5.82 Å². The summed E-state index contributed by atoms with van der Waals surface area (Å²) in [5.74, 6) is 1.76. The van der Waals surface area contributed by atoms with Gasteiger partial charge in [-0.25, -0.2) is 4.98 Å². The van der Waals surface area contributed by atoms with Crippen LogP contribution >= 0.6 is 0 Å². The number of pyridine rings is 1. The zero-order valence-corrected chi connectivity index (χ0v) is 23.5. The molecule has 3 heterocycles. The number of amides is 2. The average molecular weight is 543 g/mol. The number of benzene rings is 2. The molecular weight excluding hydrogens is 504 g/mol. The smallest absolute Gasteiger partial charge is 0.253 e. The normalized spacial score (nSPS) is 15.8. The maximum Gasteiger partial charge on any atom is 0.253 e. The van der Waals surface area contributed by atoms with Crippen molar-refractivity contribution in [2.45, 2.75) is 19.9 Å². The number of aromatic nitrogens is 1. The number of carbonyl (C=O) groups is 2. The highest BCUT2D eigenvalue weighted by atomic mass is 16.5. The van der Waals surface area contributed by atoms with Gasteiger partial charge in [0.05, 0.1) is 12.8 Å². The summed E-state index contributed by atoms with van der Waals surface area (Å²) in [6.07, 6.45) is 1.81. The molecule has 0 saturated carbocycles. The predicted molar refractivity (Wildman–Crippen MR) is 159 cm³/mol. The van der Waals surface area contributed by atoms with Gasteiger partial charge >= 0.3 is 0 Å². The Hall–Kier alpha value is -4.27. The van der Waals surface area contributed by atoms with Crippen LogP contribution in [0.1, 0.15) is 34.6 Å². The number of piperazine rings is 2. The van der Waals surface area contributed by atoms with Crippen LogP contribution in [0.4, 0.5) is 17.2 Å². The van der Waals surface area contributed by atoms with Gasteiger partial charge in [0.2, 0.25) is 0 Å². The topological polar surface area (TPSA) is 81.2 Å². The quantitative estimate of drug-likeness (QED) is 0.486. The molecular formula is C31H38N6O3. The van der Waals surface area contributed by atoms with Gasteiger partial charge in [-0.15, -0.1) is 0 Å². The summed E-state index contributed by atoms with van der Waals surface area (Å²) in [6.45, 7) is 9.74. The number of rotatable bonds is 7. The molecule has 0 spiro atoms. The Kier molecular flexibility index (Phi) is 8.38. The van der Waals surface area contributed by atoms with E-state index < -0.39 is 0 Å². The van der Waals surface area contributed by atoms with Gasteiger partial charge in [-0.2, -0.15) is 0 Å². The van der Waals surface area contributed by atoms with Gasteiger partial charge in [-0.1, -0.05) is 0 Å². The van der Waals surface area contributed by atoms with E-state index in [9.17, 15) is 9.59 Å². The van der Waals surface area contributed by atoms with Gasteiger partial charge in [0, 0.05) is 81.4 Å². The van der Waals surface area contributed by atoms with Crippen molar-refractivity contribution in [3.8, 4) is 5.75 Å². The molecule has 0 unspecified atom stereocenters. The van der Waals surface area contributed by atoms with Crippen molar-refractivity contribution in [1.29, 1.82) is 0 Å². The second kappa shape index (κ2) is 12.3. The lowest BCUT2D eigenvalue weighted by Crippen LogP contribution is -2.49. The molecule has 2 fully saturated rings. The van der Waals surface area contributed by atoms with Crippen molar-refractivity contribution in [3.05, 3.63) is 78.0 Å². The van der Waals surface area contributed by atoms with E-state index in [1.54, 1.807) is 31.4 Å². The van der Waals surface area contributed by atoms with Crippen molar-refractivity contribution in [2.75, 3.05) is 74.6 Å². The Bertz CT molecular complexity index is 1300. The van der Waals surface area contributed by atoms with Crippen LogP contribution in [0.5, 0.6) is 5.75 Å². The van der Waals surface area contributed by atoms with E-state index in [0.717, 1.165) is 36.0 Å². The van der Waals surface area contributed by atoms with E-state index in [2.05, 4.69) is 33.9 Å². The largest absolute Gasteiger partial charge is 0.497 e. The van der Waals surface area contributed by atoms with E-state index in [0.29, 0.717) is 56.4 Å². The zero-order valence-electron chi connectivity index (χ0n) is 23.5. The van der Waals surface area contributed by atoms with Gasteiger partial charge in [0.1, 0.15) is 5.75 Å². The first-order valence-corrected chi connectivity index (χ1v) is 14.0. The Morgan fingerprint density at radius 3 is 1.77 bits per heavy atom. The number of nitrogens with zero attached hydrogens (tertiary/aromatic N) is 5. The van der Waals surface area contributed by atoms with Gasteiger partial charge in [-0.05, 0) is 74.5 Å². The molecule has 3 aromatic rings. The molecule has 1 N–H and O–H groups in total. The second-order valence-corrected chi connectivity index (χ2v) is 10.5. The molecule has 9 nitrogen and oxygen atoms in total. The van der Waals surface area contributed by atoms with Crippen LogP contribution in [0.3, 0.4) is 0 Å². The molecule has 2 aliphatic rings. The van der Waals surface area contributed by atoms with Crippen LogP contribution in [0.25, 0.3) is 0 Å². The number of carbonyl (C=O) groups excluding carboxylic acids is 2. The van der Waals surface area contributed by atoms with Crippen LogP contribution in [0.15, 0.2) is 66.9 Å². The Morgan fingerprint density at radius 1 is 0.750 bits per heavy atom. The van der Waals surface area contributed by atoms with Crippen LogP contribution < -0.4 is 19.9 Å². The minimum atomic E-state index is -0.00620. The standard InChI is InChI=1S/C31H38N6O3/c1-23(2)33-28-5-4-14-32-29(28)35-17-21-37(22-18-35)31(39)25-8-6-24(7-9-25)30(38)36-19-15-34(16-20-36)26-10-12-27(40-3)13-11-26/h4-14,23,33H,15-22H2,1-3H3. The highest BCUT2D eigenvalue weighted by Crippen LogP contribution is 2.25. The summed E-state index contributed by atoms with van der Waals surface area (Å²) in [5.41, 5.74) is 3.36. The molecule has 5 rings (SSSR count). The van der Waals surface area contributed by atoms with E-state index >= 15 is 0 Å². The molecule has 40 heavy (non-hydrogen) atoms. The molecule has 2 aliphatic heterocycles. The van der Waals surface area contributed by atoms with Gasteiger partial charge in [0.25, 0.3) is 11.8 Å². The fraction of sp³-hybridized carbons (Fsp3) is 0.387. The molecule has 0 radical (unpaired) electrons. The third kappa shape index (κ3) is 6.14. The van der Waals surface area contributed by atoms with Crippen LogP contribution in [-0.4, -0.2) is 92.1 Å². The molecule has 1 aromatic heterocycles. The van der Waals surface area contributed by atoms with Crippen molar-refractivity contribution < 1.29 is 14.3 Å². The minimum Gasteiger partial charge on any atom is -0.497 e. The Morgan fingerprint density at radius 2 is 1.27 bits per heavy atom. The number of hydrogen-bond donors (Lipinski definition) is 1. The fourth-order valence-electron chi connectivity index (χ4n) is 5.28. The molecule has 9 heteroatoms. The molecule has 2 amide bonds. The summed E-state index contributed by atoms with van der Waals surface area (Å²) in [6, 6.07) is 19.4.